The highest BCUT2D eigenvalue weighted by molar-refractivity contribution is 8.00. The molecule has 6 heteroatoms. The number of aromatic nitrogens is 2. The van der Waals surface area contributed by atoms with E-state index in [9.17, 15) is 4.79 Å². The summed E-state index contributed by atoms with van der Waals surface area (Å²) in [4.78, 5) is 19.6. The van der Waals surface area contributed by atoms with Crippen molar-refractivity contribution in [1.29, 1.82) is 0 Å². The summed E-state index contributed by atoms with van der Waals surface area (Å²) in [6.07, 6.45) is 0. The molecule has 25 heavy (non-hydrogen) atoms. The largest absolute Gasteiger partial charge is 0.337 e. The highest BCUT2D eigenvalue weighted by Gasteiger charge is 2.21. The van der Waals surface area contributed by atoms with Gasteiger partial charge in [-0.05, 0) is 19.1 Å². The van der Waals surface area contributed by atoms with Crippen LogP contribution in [-0.4, -0.2) is 33.2 Å². The van der Waals surface area contributed by atoms with Crippen LogP contribution in [-0.2, 0) is 11.3 Å². The Kier molecular flexibility index (Phi) is 5.50. The van der Waals surface area contributed by atoms with Gasteiger partial charge in [0.05, 0.1) is 11.8 Å². The van der Waals surface area contributed by atoms with E-state index in [4.69, 9.17) is 4.52 Å². The van der Waals surface area contributed by atoms with Gasteiger partial charge in [0.25, 0.3) is 0 Å². The predicted molar refractivity (Wildman–Crippen MR) is 98.0 cm³/mol. The SMILES string of the molecule is CC(Sc1ccccc1)C(=O)N(C)Cc1nc(-c2ccccc2)no1. The number of hydrogen-bond acceptors (Lipinski definition) is 5. The fraction of sp³-hybridized carbons (Fsp3) is 0.211. The predicted octanol–water partition coefficient (Wildman–Crippen LogP) is 3.88. The van der Waals surface area contributed by atoms with Crippen molar-refractivity contribution in [1.82, 2.24) is 15.0 Å². The number of hydrogen-bond donors (Lipinski definition) is 0. The van der Waals surface area contributed by atoms with E-state index >= 15 is 0 Å². The van der Waals surface area contributed by atoms with Gasteiger partial charge in [-0.2, -0.15) is 4.98 Å². The van der Waals surface area contributed by atoms with Crippen LogP contribution in [0.4, 0.5) is 0 Å². The van der Waals surface area contributed by atoms with Crippen molar-refractivity contribution < 1.29 is 9.32 Å². The first-order valence-corrected chi connectivity index (χ1v) is 8.86. The zero-order valence-electron chi connectivity index (χ0n) is 14.1. The van der Waals surface area contributed by atoms with Crippen molar-refractivity contribution >= 4 is 17.7 Å². The van der Waals surface area contributed by atoms with Gasteiger partial charge in [0.15, 0.2) is 0 Å². The molecule has 3 aromatic rings. The molecule has 0 spiro atoms. The summed E-state index contributed by atoms with van der Waals surface area (Å²) < 4.78 is 5.28. The summed E-state index contributed by atoms with van der Waals surface area (Å²) in [6.45, 7) is 2.19. The number of thioether (sulfide) groups is 1. The molecule has 3 rings (SSSR count). The van der Waals surface area contributed by atoms with Crippen molar-refractivity contribution in [2.45, 2.75) is 23.6 Å². The van der Waals surface area contributed by atoms with E-state index in [0.29, 0.717) is 18.3 Å². The molecule has 0 aliphatic rings. The normalized spacial score (nSPS) is 11.9. The van der Waals surface area contributed by atoms with E-state index in [1.807, 2.05) is 67.6 Å². The summed E-state index contributed by atoms with van der Waals surface area (Å²) >= 11 is 1.53. The fourth-order valence-corrected chi connectivity index (χ4v) is 3.37. The van der Waals surface area contributed by atoms with Crippen LogP contribution in [0, 0.1) is 0 Å². The number of carbonyl (C=O) groups is 1. The minimum atomic E-state index is -0.191. The average Bonchev–Trinajstić information content (AvgIpc) is 3.11. The van der Waals surface area contributed by atoms with Crippen LogP contribution in [0.3, 0.4) is 0 Å². The molecule has 0 saturated carbocycles. The molecule has 5 nitrogen and oxygen atoms in total. The molecule has 1 heterocycles. The number of carbonyl (C=O) groups excluding carboxylic acids is 1. The highest BCUT2D eigenvalue weighted by atomic mass is 32.2. The summed E-state index contributed by atoms with van der Waals surface area (Å²) in [7, 11) is 1.75. The van der Waals surface area contributed by atoms with Gasteiger partial charge in [-0.15, -0.1) is 11.8 Å². The Bertz CT molecular complexity index is 821. The van der Waals surface area contributed by atoms with E-state index in [1.165, 1.54) is 11.8 Å². The monoisotopic (exact) mass is 353 g/mol. The van der Waals surface area contributed by atoms with Crippen LogP contribution >= 0.6 is 11.8 Å². The second-order valence-corrected chi connectivity index (χ2v) is 7.06. The summed E-state index contributed by atoms with van der Waals surface area (Å²) in [6, 6.07) is 19.5. The molecule has 1 unspecified atom stereocenters. The molecule has 0 aliphatic heterocycles. The summed E-state index contributed by atoms with van der Waals surface area (Å²) in [5.41, 5.74) is 0.888. The molecule has 128 valence electrons. The lowest BCUT2D eigenvalue weighted by molar-refractivity contribution is -0.129. The lowest BCUT2D eigenvalue weighted by Gasteiger charge is -2.19. The Balaban J connectivity index is 1.61. The molecule has 0 bridgehead atoms. The van der Waals surface area contributed by atoms with Gasteiger partial charge in [0, 0.05) is 17.5 Å². The molecule has 1 amide bonds. The van der Waals surface area contributed by atoms with Crippen LogP contribution in [0.1, 0.15) is 12.8 Å². The molecule has 0 radical (unpaired) electrons. The van der Waals surface area contributed by atoms with E-state index in [-0.39, 0.29) is 11.2 Å². The molecular formula is C19H19N3O2S. The first-order valence-electron chi connectivity index (χ1n) is 7.98. The number of nitrogens with zero attached hydrogens (tertiary/aromatic N) is 3. The third kappa shape index (κ3) is 4.48. The molecule has 0 aliphatic carbocycles. The average molecular weight is 353 g/mol. The second-order valence-electron chi connectivity index (χ2n) is 5.65. The highest BCUT2D eigenvalue weighted by Crippen LogP contribution is 2.24. The number of amides is 1. The Morgan fingerprint density at radius 3 is 2.44 bits per heavy atom. The standard InChI is InChI=1S/C19H19N3O2S/c1-14(25-16-11-7-4-8-12-16)19(23)22(2)13-17-20-18(21-24-17)15-9-5-3-6-10-15/h3-12,14H,13H2,1-2H3. The molecule has 0 saturated heterocycles. The number of rotatable bonds is 6. The van der Waals surface area contributed by atoms with Crippen LogP contribution in [0.2, 0.25) is 0 Å². The Morgan fingerprint density at radius 1 is 1.12 bits per heavy atom. The second kappa shape index (κ2) is 7.98. The Labute approximate surface area is 151 Å². The third-order valence-electron chi connectivity index (χ3n) is 3.65. The van der Waals surface area contributed by atoms with Gasteiger partial charge in [-0.1, -0.05) is 53.7 Å². The van der Waals surface area contributed by atoms with Crippen LogP contribution in [0.15, 0.2) is 70.1 Å². The summed E-state index contributed by atoms with van der Waals surface area (Å²) in [5, 5.41) is 3.79. The van der Waals surface area contributed by atoms with Crippen molar-refractivity contribution in [3.05, 3.63) is 66.6 Å². The first-order chi connectivity index (χ1) is 12.1. The minimum absolute atomic E-state index is 0.0216. The maximum absolute atomic E-state index is 12.5. The molecule has 0 N–H and O–H groups in total. The lowest BCUT2D eigenvalue weighted by Crippen LogP contribution is -2.32. The topological polar surface area (TPSA) is 59.2 Å². The van der Waals surface area contributed by atoms with Crippen LogP contribution in [0.25, 0.3) is 11.4 Å². The lowest BCUT2D eigenvalue weighted by atomic mass is 10.2. The van der Waals surface area contributed by atoms with Gasteiger partial charge in [-0.3, -0.25) is 4.79 Å². The Morgan fingerprint density at radius 2 is 1.76 bits per heavy atom. The minimum Gasteiger partial charge on any atom is -0.337 e. The molecular weight excluding hydrogens is 334 g/mol. The van der Waals surface area contributed by atoms with Crippen molar-refractivity contribution in [2.24, 2.45) is 0 Å². The van der Waals surface area contributed by atoms with Gasteiger partial charge < -0.3 is 9.42 Å². The molecule has 1 atom stereocenters. The molecule has 0 fully saturated rings. The maximum Gasteiger partial charge on any atom is 0.246 e. The van der Waals surface area contributed by atoms with Crippen molar-refractivity contribution in [3.63, 3.8) is 0 Å². The number of benzene rings is 2. The van der Waals surface area contributed by atoms with E-state index < -0.39 is 0 Å². The quantitative estimate of drug-likeness (QED) is 0.630. The van der Waals surface area contributed by atoms with E-state index in [0.717, 1.165) is 10.5 Å². The Hall–Kier alpha value is -2.60. The van der Waals surface area contributed by atoms with Gasteiger partial charge in [0.1, 0.15) is 0 Å². The summed E-state index contributed by atoms with van der Waals surface area (Å²) in [5.74, 6) is 0.975. The molecule has 1 aromatic heterocycles. The van der Waals surface area contributed by atoms with Gasteiger partial charge in [-0.25, -0.2) is 0 Å². The fourth-order valence-electron chi connectivity index (χ4n) is 2.37. The maximum atomic E-state index is 12.5. The third-order valence-corrected chi connectivity index (χ3v) is 4.75. The first kappa shape index (κ1) is 17.2. The van der Waals surface area contributed by atoms with Crippen molar-refractivity contribution in [3.8, 4) is 11.4 Å². The van der Waals surface area contributed by atoms with Crippen molar-refractivity contribution in [2.75, 3.05) is 7.05 Å². The zero-order chi connectivity index (χ0) is 17.6. The van der Waals surface area contributed by atoms with E-state index in [2.05, 4.69) is 10.1 Å². The molecule has 2 aromatic carbocycles. The zero-order valence-corrected chi connectivity index (χ0v) is 14.9. The van der Waals surface area contributed by atoms with Gasteiger partial charge in [0.2, 0.25) is 17.6 Å². The smallest absolute Gasteiger partial charge is 0.246 e. The van der Waals surface area contributed by atoms with Crippen LogP contribution < -0.4 is 0 Å². The van der Waals surface area contributed by atoms with Crippen LogP contribution in [0.5, 0.6) is 0 Å². The van der Waals surface area contributed by atoms with E-state index in [1.54, 1.807) is 11.9 Å². The van der Waals surface area contributed by atoms with Gasteiger partial charge >= 0.3 is 0 Å².